The summed E-state index contributed by atoms with van der Waals surface area (Å²) in [4.78, 5) is 12.2. The van der Waals surface area contributed by atoms with Crippen molar-refractivity contribution in [3.05, 3.63) is 29.8 Å². The number of hydrogen-bond acceptors (Lipinski definition) is 2. The van der Waals surface area contributed by atoms with E-state index >= 15 is 0 Å². The van der Waals surface area contributed by atoms with E-state index in [1.165, 1.54) is 38.5 Å². The van der Waals surface area contributed by atoms with Crippen molar-refractivity contribution in [2.24, 2.45) is 23.2 Å². The molecular weight excluding hydrogens is 312 g/mol. The molecule has 0 spiro atoms. The fourth-order valence-corrected chi connectivity index (χ4v) is 6.06. The van der Waals surface area contributed by atoms with Crippen LogP contribution in [0.15, 0.2) is 24.3 Å². The van der Waals surface area contributed by atoms with Crippen LogP contribution in [0, 0.1) is 23.2 Å². The molecule has 5 rings (SSSR count). The second-order valence-electron chi connectivity index (χ2n) is 8.59. The van der Waals surface area contributed by atoms with E-state index in [-0.39, 0.29) is 6.03 Å². The standard InChI is InChI=1S/C21H30N2O2/c1-25-19-5-3-2-4-18(19)6-7-22-20(24)23-14-21-11-15-8-16(12-21)10-17(9-15)13-21/h2-5,15-17H,6-14H2,1H3,(H2,22,23,24). The average molecular weight is 342 g/mol. The largest absolute Gasteiger partial charge is 0.496 e. The highest BCUT2D eigenvalue weighted by molar-refractivity contribution is 5.73. The predicted molar refractivity (Wildman–Crippen MR) is 98.7 cm³/mol. The number of ether oxygens (including phenoxy) is 1. The van der Waals surface area contributed by atoms with Gasteiger partial charge in [-0.05, 0) is 79.7 Å². The molecule has 4 fully saturated rings. The van der Waals surface area contributed by atoms with E-state index in [1.807, 2.05) is 24.3 Å². The molecule has 0 saturated heterocycles. The molecule has 0 unspecified atom stereocenters. The second-order valence-corrected chi connectivity index (χ2v) is 8.59. The minimum Gasteiger partial charge on any atom is -0.496 e. The predicted octanol–water partition coefficient (Wildman–Crippen LogP) is 3.75. The smallest absolute Gasteiger partial charge is 0.314 e. The number of hydrogen-bond donors (Lipinski definition) is 2. The second kappa shape index (κ2) is 6.89. The van der Waals surface area contributed by atoms with Crippen molar-refractivity contribution in [3.8, 4) is 5.75 Å². The molecule has 0 aliphatic heterocycles. The first-order valence-electron chi connectivity index (χ1n) is 9.79. The van der Waals surface area contributed by atoms with Crippen LogP contribution in [-0.2, 0) is 6.42 Å². The van der Waals surface area contributed by atoms with Crippen LogP contribution in [-0.4, -0.2) is 26.2 Å². The van der Waals surface area contributed by atoms with E-state index < -0.39 is 0 Å². The molecule has 1 aromatic carbocycles. The van der Waals surface area contributed by atoms with Gasteiger partial charge in [-0.1, -0.05) is 18.2 Å². The lowest BCUT2D eigenvalue weighted by Crippen LogP contribution is -2.52. The molecule has 4 aliphatic carbocycles. The first-order valence-corrected chi connectivity index (χ1v) is 9.79. The number of amides is 2. The molecule has 4 bridgehead atoms. The van der Waals surface area contributed by atoms with Crippen molar-refractivity contribution in [2.45, 2.75) is 44.9 Å². The number of para-hydroxylation sites is 1. The monoisotopic (exact) mass is 342 g/mol. The molecule has 136 valence electrons. The van der Waals surface area contributed by atoms with Gasteiger partial charge in [-0.25, -0.2) is 4.79 Å². The van der Waals surface area contributed by atoms with Crippen LogP contribution in [0.2, 0.25) is 0 Å². The number of carbonyl (C=O) groups is 1. The first kappa shape index (κ1) is 16.7. The minimum atomic E-state index is -0.0226. The maximum atomic E-state index is 12.2. The molecule has 0 aromatic heterocycles. The third-order valence-electron chi connectivity index (χ3n) is 6.66. The summed E-state index contributed by atoms with van der Waals surface area (Å²) in [5.41, 5.74) is 1.53. The van der Waals surface area contributed by atoms with Gasteiger partial charge in [-0.2, -0.15) is 0 Å². The zero-order valence-electron chi connectivity index (χ0n) is 15.2. The number of urea groups is 1. The minimum absolute atomic E-state index is 0.0226. The summed E-state index contributed by atoms with van der Waals surface area (Å²) < 4.78 is 5.36. The van der Waals surface area contributed by atoms with Crippen LogP contribution in [0.1, 0.15) is 44.1 Å². The highest BCUT2D eigenvalue weighted by Gasteiger charge is 2.50. The Labute approximate surface area is 150 Å². The topological polar surface area (TPSA) is 50.4 Å². The van der Waals surface area contributed by atoms with Gasteiger partial charge in [0.1, 0.15) is 5.75 Å². The highest BCUT2D eigenvalue weighted by Crippen LogP contribution is 2.59. The molecule has 1 aromatic rings. The Morgan fingerprint density at radius 1 is 1.08 bits per heavy atom. The summed E-state index contributed by atoms with van der Waals surface area (Å²) in [5.74, 6) is 3.68. The Bertz CT molecular complexity index is 593. The molecular formula is C21H30N2O2. The molecule has 2 amide bonds. The highest BCUT2D eigenvalue weighted by atomic mass is 16.5. The van der Waals surface area contributed by atoms with Crippen LogP contribution >= 0.6 is 0 Å². The van der Waals surface area contributed by atoms with Gasteiger partial charge in [0.15, 0.2) is 0 Å². The van der Waals surface area contributed by atoms with Gasteiger partial charge in [-0.3, -0.25) is 0 Å². The van der Waals surface area contributed by atoms with E-state index in [9.17, 15) is 4.79 Å². The van der Waals surface area contributed by atoms with Gasteiger partial charge in [0.25, 0.3) is 0 Å². The van der Waals surface area contributed by atoms with Crippen molar-refractivity contribution < 1.29 is 9.53 Å². The van der Waals surface area contributed by atoms with Crippen molar-refractivity contribution in [3.63, 3.8) is 0 Å². The molecule has 4 nitrogen and oxygen atoms in total. The lowest BCUT2D eigenvalue weighted by molar-refractivity contribution is -0.0498. The van der Waals surface area contributed by atoms with Crippen LogP contribution < -0.4 is 15.4 Å². The van der Waals surface area contributed by atoms with Gasteiger partial charge < -0.3 is 15.4 Å². The molecule has 2 N–H and O–H groups in total. The maximum Gasteiger partial charge on any atom is 0.314 e. The van der Waals surface area contributed by atoms with Crippen LogP contribution in [0.25, 0.3) is 0 Å². The Morgan fingerprint density at radius 3 is 2.36 bits per heavy atom. The molecule has 4 heteroatoms. The molecule has 4 aliphatic rings. The number of nitrogens with one attached hydrogen (secondary N) is 2. The summed E-state index contributed by atoms with van der Waals surface area (Å²) in [5, 5.41) is 6.18. The van der Waals surface area contributed by atoms with Gasteiger partial charge >= 0.3 is 6.03 Å². The Morgan fingerprint density at radius 2 is 1.72 bits per heavy atom. The van der Waals surface area contributed by atoms with Crippen LogP contribution in [0.3, 0.4) is 0 Å². The number of methoxy groups -OCH3 is 1. The SMILES string of the molecule is COc1ccccc1CCNC(=O)NCC12CC3CC(CC(C3)C1)C2. The van der Waals surface area contributed by atoms with Gasteiger partial charge in [-0.15, -0.1) is 0 Å². The van der Waals surface area contributed by atoms with Crippen LogP contribution in [0.4, 0.5) is 4.79 Å². The molecule has 0 atom stereocenters. The van der Waals surface area contributed by atoms with Crippen molar-refractivity contribution >= 4 is 6.03 Å². The van der Waals surface area contributed by atoms with E-state index in [0.717, 1.165) is 42.0 Å². The molecule has 25 heavy (non-hydrogen) atoms. The average Bonchev–Trinajstić information content (AvgIpc) is 2.59. The third-order valence-corrected chi connectivity index (χ3v) is 6.66. The number of benzene rings is 1. The first-order chi connectivity index (χ1) is 12.2. The lowest BCUT2D eigenvalue weighted by Gasteiger charge is -2.56. The zero-order chi connectivity index (χ0) is 17.3. The van der Waals surface area contributed by atoms with Gasteiger partial charge in [0.2, 0.25) is 0 Å². The van der Waals surface area contributed by atoms with E-state index in [0.29, 0.717) is 12.0 Å². The summed E-state index contributed by atoms with van der Waals surface area (Å²) in [7, 11) is 1.68. The lowest BCUT2D eigenvalue weighted by atomic mass is 9.49. The number of rotatable bonds is 6. The third kappa shape index (κ3) is 3.63. The fraction of sp³-hybridized carbons (Fsp3) is 0.667. The van der Waals surface area contributed by atoms with E-state index in [1.54, 1.807) is 7.11 Å². The molecule has 4 saturated carbocycles. The quantitative estimate of drug-likeness (QED) is 0.827. The normalized spacial score (nSPS) is 32.4. The maximum absolute atomic E-state index is 12.2. The summed E-state index contributed by atoms with van der Waals surface area (Å²) in [6.45, 7) is 1.49. The summed E-state index contributed by atoms with van der Waals surface area (Å²) in [6, 6.07) is 7.96. The van der Waals surface area contributed by atoms with E-state index in [2.05, 4.69) is 10.6 Å². The van der Waals surface area contributed by atoms with Gasteiger partial charge in [0, 0.05) is 13.1 Å². The van der Waals surface area contributed by atoms with Crippen LogP contribution in [0.5, 0.6) is 5.75 Å². The van der Waals surface area contributed by atoms with Crippen molar-refractivity contribution in [1.82, 2.24) is 10.6 Å². The summed E-state index contributed by atoms with van der Waals surface area (Å²) in [6.07, 6.45) is 9.13. The summed E-state index contributed by atoms with van der Waals surface area (Å²) >= 11 is 0. The van der Waals surface area contributed by atoms with E-state index in [4.69, 9.17) is 4.74 Å². The molecule has 0 radical (unpaired) electrons. The Kier molecular flexibility index (Phi) is 4.61. The van der Waals surface area contributed by atoms with Gasteiger partial charge in [0.05, 0.1) is 7.11 Å². The zero-order valence-corrected chi connectivity index (χ0v) is 15.2. The Balaban J connectivity index is 1.23. The molecule has 0 heterocycles. The van der Waals surface area contributed by atoms with Crippen molar-refractivity contribution in [1.29, 1.82) is 0 Å². The Hall–Kier alpha value is -1.71. The fourth-order valence-electron chi connectivity index (χ4n) is 6.06. The number of carbonyl (C=O) groups excluding carboxylic acids is 1. The van der Waals surface area contributed by atoms with Crippen molar-refractivity contribution in [2.75, 3.05) is 20.2 Å².